The van der Waals surface area contributed by atoms with Gasteiger partial charge in [0, 0.05) is 24.6 Å². The van der Waals surface area contributed by atoms with Gasteiger partial charge in [0.25, 0.3) is 0 Å². The molecule has 0 atom stereocenters. The molecule has 1 aliphatic rings. The van der Waals surface area contributed by atoms with Gasteiger partial charge in [0.1, 0.15) is 5.75 Å². The summed E-state index contributed by atoms with van der Waals surface area (Å²) in [6.45, 7) is 1.33. The Kier molecular flexibility index (Phi) is 6.38. The minimum Gasteiger partial charge on any atom is -0.497 e. The van der Waals surface area contributed by atoms with Crippen LogP contribution in [0, 0.1) is 0 Å². The van der Waals surface area contributed by atoms with E-state index < -0.39 is 0 Å². The first-order valence-corrected chi connectivity index (χ1v) is 11.6. The van der Waals surface area contributed by atoms with Crippen molar-refractivity contribution in [2.24, 2.45) is 0 Å². The smallest absolute Gasteiger partial charge is 0.234 e. The Morgan fingerprint density at radius 1 is 0.941 bits per heavy atom. The molecule has 0 bridgehead atoms. The molecule has 0 saturated carbocycles. The van der Waals surface area contributed by atoms with Crippen molar-refractivity contribution in [1.82, 2.24) is 15.0 Å². The number of carbonyl (C=O) groups is 1. The fourth-order valence-electron chi connectivity index (χ4n) is 4.58. The van der Waals surface area contributed by atoms with E-state index in [0.29, 0.717) is 24.8 Å². The van der Waals surface area contributed by atoms with Crippen molar-refractivity contribution in [1.29, 1.82) is 0 Å². The standard InChI is InChI=1S/C28H27N3O3/c1-33-24-14-8-13-23(19-24)26-29-27(34-30-26)22-15-17-31(18-16-22)28(32)25(20-9-4-2-5-10-20)21-11-6-3-7-12-21/h2-14,19,22,25H,15-18H2,1H3. The normalized spacial score (nSPS) is 14.4. The summed E-state index contributed by atoms with van der Waals surface area (Å²) in [5.74, 6) is 1.92. The second kappa shape index (κ2) is 9.91. The van der Waals surface area contributed by atoms with Crippen LogP contribution < -0.4 is 4.74 Å². The van der Waals surface area contributed by atoms with E-state index in [1.807, 2.05) is 89.8 Å². The number of benzene rings is 3. The van der Waals surface area contributed by atoms with E-state index in [4.69, 9.17) is 9.26 Å². The molecule has 4 aromatic rings. The lowest BCUT2D eigenvalue weighted by atomic mass is 9.88. The maximum atomic E-state index is 13.7. The highest BCUT2D eigenvalue weighted by atomic mass is 16.5. The third-order valence-electron chi connectivity index (χ3n) is 6.44. The molecule has 1 amide bonds. The van der Waals surface area contributed by atoms with Crippen LogP contribution in [0.3, 0.4) is 0 Å². The van der Waals surface area contributed by atoms with Crippen molar-refractivity contribution in [3.05, 3.63) is 102 Å². The minimum atomic E-state index is -0.304. The first kappa shape index (κ1) is 21.9. The van der Waals surface area contributed by atoms with Crippen LogP contribution in [-0.4, -0.2) is 41.1 Å². The zero-order chi connectivity index (χ0) is 23.3. The molecule has 5 rings (SSSR count). The Labute approximate surface area is 199 Å². The van der Waals surface area contributed by atoms with Crippen LogP contribution in [0.25, 0.3) is 11.4 Å². The number of carbonyl (C=O) groups excluding carboxylic acids is 1. The average molecular weight is 454 g/mol. The van der Waals surface area contributed by atoms with Gasteiger partial charge in [-0.3, -0.25) is 4.79 Å². The van der Waals surface area contributed by atoms with Gasteiger partial charge in [0.15, 0.2) is 0 Å². The van der Waals surface area contributed by atoms with Crippen molar-refractivity contribution in [2.75, 3.05) is 20.2 Å². The number of likely N-dealkylation sites (tertiary alicyclic amines) is 1. The number of ether oxygens (including phenoxy) is 1. The molecular weight excluding hydrogens is 426 g/mol. The van der Waals surface area contributed by atoms with Gasteiger partial charge in [-0.15, -0.1) is 0 Å². The summed E-state index contributed by atoms with van der Waals surface area (Å²) in [6, 6.07) is 27.6. The van der Waals surface area contributed by atoms with E-state index in [1.165, 1.54) is 0 Å². The van der Waals surface area contributed by atoms with Crippen molar-refractivity contribution < 1.29 is 14.1 Å². The summed E-state index contributed by atoms with van der Waals surface area (Å²) in [7, 11) is 1.63. The quantitative estimate of drug-likeness (QED) is 0.397. The van der Waals surface area contributed by atoms with E-state index >= 15 is 0 Å². The lowest BCUT2D eigenvalue weighted by Crippen LogP contribution is -2.41. The van der Waals surface area contributed by atoms with Gasteiger partial charge in [-0.2, -0.15) is 4.98 Å². The Hall–Kier alpha value is -3.93. The van der Waals surface area contributed by atoms with Gasteiger partial charge in [-0.25, -0.2) is 0 Å². The molecule has 0 radical (unpaired) electrons. The zero-order valence-electron chi connectivity index (χ0n) is 19.1. The molecule has 0 N–H and O–H groups in total. The summed E-state index contributed by atoms with van der Waals surface area (Å²) in [5, 5.41) is 4.18. The molecule has 1 fully saturated rings. The summed E-state index contributed by atoms with van der Waals surface area (Å²) in [5.41, 5.74) is 2.89. The van der Waals surface area contributed by atoms with Crippen LogP contribution in [0.5, 0.6) is 5.75 Å². The third-order valence-corrected chi connectivity index (χ3v) is 6.44. The van der Waals surface area contributed by atoms with Crippen LogP contribution in [0.2, 0.25) is 0 Å². The maximum absolute atomic E-state index is 13.7. The highest BCUT2D eigenvalue weighted by molar-refractivity contribution is 5.87. The lowest BCUT2D eigenvalue weighted by Gasteiger charge is -2.33. The zero-order valence-corrected chi connectivity index (χ0v) is 19.1. The van der Waals surface area contributed by atoms with Gasteiger partial charge in [0.05, 0.1) is 13.0 Å². The number of methoxy groups -OCH3 is 1. The van der Waals surface area contributed by atoms with Gasteiger partial charge >= 0.3 is 0 Å². The van der Waals surface area contributed by atoms with Crippen LogP contribution in [0.1, 0.15) is 41.7 Å². The molecule has 172 valence electrons. The van der Waals surface area contributed by atoms with Crippen molar-refractivity contribution >= 4 is 5.91 Å². The number of piperidine rings is 1. The number of rotatable bonds is 6. The van der Waals surface area contributed by atoms with Gasteiger partial charge in [-0.1, -0.05) is 78.0 Å². The molecule has 1 aromatic heterocycles. The number of amides is 1. The third kappa shape index (κ3) is 4.57. The monoisotopic (exact) mass is 453 g/mol. The molecule has 6 heteroatoms. The second-order valence-electron chi connectivity index (χ2n) is 8.54. The minimum absolute atomic E-state index is 0.137. The Morgan fingerprint density at radius 3 is 2.21 bits per heavy atom. The second-order valence-corrected chi connectivity index (χ2v) is 8.54. The summed E-state index contributed by atoms with van der Waals surface area (Å²) >= 11 is 0. The fourth-order valence-corrected chi connectivity index (χ4v) is 4.58. The first-order valence-electron chi connectivity index (χ1n) is 11.6. The Morgan fingerprint density at radius 2 is 1.59 bits per heavy atom. The average Bonchev–Trinajstić information content (AvgIpc) is 3.41. The molecule has 0 spiro atoms. The molecule has 0 unspecified atom stereocenters. The van der Waals surface area contributed by atoms with Crippen molar-refractivity contribution in [2.45, 2.75) is 24.7 Å². The van der Waals surface area contributed by atoms with Crippen LogP contribution in [0.15, 0.2) is 89.5 Å². The van der Waals surface area contributed by atoms with Crippen LogP contribution in [0.4, 0.5) is 0 Å². The van der Waals surface area contributed by atoms with E-state index in [-0.39, 0.29) is 17.7 Å². The van der Waals surface area contributed by atoms with Gasteiger partial charge < -0.3 is 14.2 Å². The van der Waals surface area contributed by atoms with Gasteiger partial charge in [0.2, 0.25) is 17.6 Å². The number of hydrogen-bond donors (Lipinski definition) is 0. The van der Waals surface area contributed by atoms with E-state index in [2.05, 4.69) is 10.1 Å². The van der Waals surface area contributed by atoms with E-state index in [0.717, 1.165) is 35.3 Å². The molecule has 34 heavy (non-hydrogen) atoms. The molecule has 6 nitrogen and oxygen atoms in total. The summed E-state index contributed by atoms with van der Waals surface area (Å²) in [4.78, 5) is 20.3. The Balaban J connectivity index is 1.29. The summed E-state index contributed by atoms with van der Waals surface area (Å²) in [6.07, 6.45) is 1.59. The topological polar surface area (TPSA) is 68.5 Å². The predicted molar refractivity (Wildman–Crippen MR) is 130 cm³/mol. The highest BCUT2D eigenvalue weighted by Gasteiger charge is 2.32. The lowest BCUT2D eigenvalue weighted by molar-refractivity contribution is -0.133. The van der Waals surface area contributed by atoms with E-state index in [1.54, 1.807) is 7.11 Å². The van der Waals surface area contributed by atoms with Crippen LogP contribution in [-0.2, 0) is 4.79 Å². The fraction of sp³-hybridized carbons (Fsp3) is 0.250. The van der Waals surface area contributed by atoms with Crippen molar-refractivity contribution in [3.63, 3.8) is 0 Å². The molecule has 1 saturated heterocycles. The van der Waals surface area contributed by atoms with Crippen molar-refractivity contribution in [3.8, 4) is 17.1 Å². The van der Waals surface area contributed by atoms with Gasteiger partial charge in [-0.05, 0) is 36.1 Å². The number of aromatic nitrogens is 2. The van der Waals surface area contributed by atoms with E-state index in [9.17, 15) is 4.79 Å². The molecule has 1 aliphatic heterocycles. The molecule has 0 aliphatic carbocycles. The Bertz CT molecular complexity index is 1190. The highest BCUT2D eigenvalue weighted by Crippen LogP contribution is 2.32. The number of nitrogens with zero attached hydrogens (tertiary/aromatic N) is 3. The van der Waals surface area contributed by atoms with Crippen LogP contribution >= 0.6 is 0 Å². The SMILES string of the molecule is COc1cccc(-c2noc(C3CCN(C(=O)C(c4ccccc4)c4ccccc4)CC3)n2)c1. The molecule has 2 heterocycles. The predicted octanol–water partition coefficient (Wildman–Crippen LogP) is 5.28. The first-order chi connectivity index (χ1) is 16.7. The maximum Gasteiger partial charge on any atom is 0.234 e. The molecule has 3 aromatic carbocycles. The largest absolute Gasteiger partial charge is 0.497 e. The number of hydrogen-bond acceptors (Lipinski definition) is 5. The summed E-state index contributed by atoms with van der Waals surface area (Å²) < 4.78 is 10.9. The molecular formula is C28H27N3O3.